The number of aromatic amines is 1. The van der Waals surface area contributed by atoms with Gasteiger partial charge in [0.25, 0.3) is 11.5 Å². The number of aromatic nitrogens is 5. The second-order valence-corrected chi connectivity index (χ2v) is 6.60. The van der Waals surface area contributed by atoms with Crippen LogP contribution < -0.4 is 5.56 Å². The molecule has 0 saturated carbocycles. The van der Waals surface area contributed by atoms with Gasteiger partial charge in [-0.2, -0.15) is 0 Å². The van der Waals surface area contributed by atoms with E-state index in [-0.39, 0.29) is 17.2 Å². The van der Waals surface area contributed by atoms with Crippen LogP contribution in [0.4, 0.5) is 0 Å². The summed E-state index contributed by atoms with van der Waals surface area (Å²) in [6.45, 7) is 1.97. The molecule has 1 amide bonds. The highest BCUT2D eigenvalue weighted by Crippen LogP contribution is 2.27. The van der Waals surface area contributed by atoms with E-state index in [0.29, 0.717) is 25.6 Å². The number of hydrogen-bond donors (Lipinski definition) is 1. The highest BCUT2D eigenvalue weighted by Gasteiger charge is 2.27. The molecule has 0 bridgehead atoms. The summed E-state index contributed by atoms with van der Waals surface area (Å²) in [5.74, 6) is 1.19. The Hall–Kier alpha value is -3.29. The van der Waals surface area contributed by atoms with Crippen molar-refractivity contribution in [3.63, 3.8) is 0 Å². The second kappa shape index (κ2) is 7.53. The molecule has 138 valence electrons. The summed E-state index contributed by atoms with van der Waals surface area (Å²) in [5, 5.41) is 0. The van der Waals surface area contributed by atoms with E-state index in [9.17, 15) is 9.59 Å². The first-order valence-corrected chi connectivity index (χ1v) is 8.95. The van der Waals surface area contributed by atoms with E-state index in [1.165, 1.54) is 6.20 Å². The second-order valence-electron chi connectivity index (χ2n) is 6.60. The number of imidazole rings is 1. The number of carbonyl (C=O) groups is 1. The van der Waals surface area contributed by atoms with E-state index in [1.54, 1.807) is 11.1 Å². The monoisotopic (exact) mass is 364 g/mol. The van der Waals surface area contributed by atoms with Crippen LogP contribution >= 0.6 is 0 Å². The minimum Gasteiger partial charge on any atom is -0.337 e. The minimum atomic E-state index is -0.315. The molecule has 3 aromatic heterocycles. The first-order chi connectivity index (χ1) is 13.2. The zero-order chi connectivity index (χ0) is 18.6. The third-order valence-corrected chi connectivity index (χ3v) is 4.84. The maximum atomic E-state index is 12.5. The number of piperidine rings is 1. The molecule has 1 N–H and O–H groups in total. The van der Waals surface area contributed by atoms with Crippen molar-refractivity contribution in [3.8, 4) is 0 Å². The van der Waals surface area contributed by atoms with Crippen LogP contribution in [0.25, 0.3) is 0 Å². The Labute approximate surface area is 155 Å². The molecule has 1 fully saturated rings. The summed E-state index contributed by atoms with van der Waals surface area (Å²) >= 11 is 0. The Morgan fingerprint density at radius 1 is 1.15 bits per heavy atom. The molecule has 1 aliphatic heterocycles. The van der Waals surface area contributed by atoms with Crippen LogP contribution in [0.1, 0.15) is 40.8 Å². The molecule has 3 aromatic rings. The number of rotatable bonds is 4. The van der Waals surface area contributed by atoms with Crippen molar-refractivity contribution >= 4 is 5.91 Å². The first-order valence-electron chi connectivity index (χ1n) is 8.95. The maximum Gasteiger partial charge on any atom is 0.273 e. The summed E-state index contributed by atoms with van der Waals surface area (Å²) in [6, 6.07) is 5.89. The normalized spacial score (nSPS) is 15.0. The van der Waals surface area contributed by atoms with Gasteiger partial charge in [-0.25, -0.2) is 9.97 Å². The summed E-state index contributed by atoms with van der Waals surface area (Å²) in [4.78, 5) is 40.8. The van der Waals surface area contributed by atoms with Crippen molar-refractivity contribution in [2.24, 2.45) is 0 Å². The van der Waals surface area contributed by atoms with Crippen LogP contribution in [0, 0.1) is 0 Å². The van der Waals surface area contributed by atoms with Gasteiger partial charge in [0.2, 0.25) is 0 Å². The summed E-state index contributed by atoms with van der Waals surface area (Å²) < 4.78 is 2.13. The zero-order valence-corrected chi connectivity index (χ0v) is 14.8. The van der Waals surface area contributed by atoms with Gasteiger partial charge in [-0.3, -0.25) is 14.6 Å². The third-order valence-electron chi connectivity index (χ3n) is 4.84. The quantitative estimate of drug-likeness (QED) is 0.755. The van der Waals surface area contributed by atoms with Crippen molar-refractivity contribution in [1.29, 1.82) is 0 Å². The van der Waals surface area contributed by atoms with Gasteiger partial charge in [0.05, 0.1) is 18.4 Å². The molecule has 0 unspecified atom stereocenters. The largest absolute Gasteiger partial charge is 0.337 e. The summed E-state index contributed by atoms with van der Waals surface area (Å²) in [7, 11) is 0. The number of pyridine rings is 1. The average Bonchev–Trinajstić information content (AvgIpc) is 3.17. The Bertz CT molecular complexity index is 953. The molecular formula is C19H20N6O2. The van der Waals surface area contributed by atoms with Crippen molar-refractivity contribution in [1.82, 2.24) is 29.4 Å². The van der Waals surface area contributed by atoms with Gasteiger partial charge in [0.15, 0.2) is 0 Å². The van der Waals surface area contributed by atoms with Crippen molar-refractivity contribution in [3.05, 3.63) is 76.7 Å². The van der Waals surface area contributed by atoms with Gasteiger partial charge >= 0.3 is 0 Å². The number of amides is 1. The molecule has 0 radical (unpaired) electrons. The van der Waals surface area contributed by atoms with Gasteiger partial charge in [-0.1, -0.05) is 6.07 Å². The van der Waals surface area contributed by atoms with Crippen LogP contribution in [0.3, 0.4) is 0 Å². The highest BCUT2D eigenvalue weighted by molar-refractivity contribution is 5.92. The SMILES string of the molecule is O=C(c1c[nH]c(=O)cn1)N1CCC(c2nccn2Cc2ccccn2)CC1. The van der Waals surface area contributed by atoms with E-state index in [2.05, 4.69) is 24.5 Å². The molecule has 4 rings (SSSR count). The fourth-order valence-electron chi connectivity index (χ4n) is 3.44. The number of H-pyrrole nitrogens is 1. The van der Waals surface area contributed by atoms with E-state index in [4.69, 9.17) is 0 Å². The van der Waals surface area contributed by atoms with Gasteiger partial charge in [-0.05, 0) is 25.0 Å². The molecule has 0 spiro atoms. The van der Waals surface area contributed by atoms with Crippen molar-refractivity contribution in [2.75, 3.05) is 13.1 Å². The Balaban J connectivity index is 1.41. The van der Waals surface area contributed by atoms with Gasteiger partial charge in [0.1, 0.15) is 11.5 Å². The van der Waals surface area contributed by atoms with Gasteiger partial charge in [-0.15, -0.1) is 0 Å². The average molecular weight is 364 g/mol. The lowest BCUT2D eigenvalue weighted by Crippen LogP contribution is -2.39. The maximum absolute atomic E-state index is 12.5. The zero-order valence-electron chi connectivity index (χ0n) is 14.8. The lowest BCUT2D eigenvalue weighted by Gasteiger charge is -2.31. The van der Waals surface area contributed by atoms with Crippen molar-refractivity contribution < 1.29 is 4.79 Å². The van der Waals surface area contributed by atoms with Crippen molar-refractivity contribution in [2.45, 2.75) is 25.3 Å². The van der Waals surface area contributed by atoms with E-state index in [1.807, 2.05) is 30.6 Å². The molecule has 0 aliphatic carbocycles. The van der Waals surface area contributed by atoms with Gasteiger partial charge in [0, 0.05) is 43.8 Å². The topological polar surface area (TPSA) is 96.8 Å². The first kappa shape index (κ1) is 17.1. The number of nitrogens with zero attached hydrogens (tertiary/aromatic N) is 5. The molecule has 0 atom stereocenters. The molecule has 1 saturated heterocycles. The number of hydrogen-bond acceptors (Lipinski definition) is 5. The Morgan fingerprint density at radius 3 is 2.70 bits per heavy atom. The van der Waals surface area contributed by atoms with Crippen LogP contribution in [-0.2, 0) is 6.54 Å². The molecule has 0 aromatic carbocycles. The van der Waals surface area contributed by atoms with E-state index in [0.717, 1.165) is 30.6 Å². The number of carbonyl (C=O) groups excluding carboxylic acids is 1. The van der Waals surface area contributed by atoms with Crippen LogP contribution in [0.2, 0.25) is 0 Å². The number of nitrogens with one attached hydrogen (secondary N) is 1. The predicted molar refractivity (Wildman–Crippen MR) is 98.3 cm³/mol. The molecule has 27 heavy (non-hydrogen) atoms. The van der Waals surface area contributed by atoms with Crippen LogP contribution in [0.5, 0.6) is 0 Å². The third kappa shape index (κ3) is 3.79. The molecule has 4 heterocycles. The Kier molecular flexibility index (Phi) is 4.78. The standard InChI is InChI=1S/C19H20N6O2/c26-17-12-22-16(11-23-17)19(27)24-8-4-14(5-9-24)18-21-7-10-25(18)13-15-3-1-2-6-20-15/h1-3,6-7,10-12,14H,4-5,8-9,13H2,(H,23,26). The van der Waals surface area contributed by atoms with Gasteiger partial charge < -0.3 is 14.5 Å². The van der Waals surface area contributed by atoms with Crippen LogP contribution in [-0.4, -0.2) is 48.4 Å². The molecular weight excluding hydrogens is 344 g/mol. The molecule has 8 nitrogen and oxygen atoms in total. The fourth-order valence-corrected chi connectivity index (χ4v) is 3.44. The number of likely N-dealkylation sites (tertiary alicyclic amines) is 1. The highest BCUT2D eigenvalue weighted by atomic mass is 16.2. The van der Waals surface area contributed by atoms with E-state index < -0.39 is 0 Å². The lowest BCUT2D eigenvalue weighted by molar-refractivity contribution is 0.0704. The fraction of sp³-hybridized carbons (Fsp3) is 0.316. The Morgan fingerprint density at radius 2 is 2.00 bits per heavy atom. The summed E-state index contributed by atoms with van der Waals surface area (Å²) in [6.07, 6.45) is 9.78. The lowest BCUT2D eigenvalue weighted by atomic mass is 9.95. The summed E-state index contributed by atoms with van der Waals surface area (Å²) in [5.41, 5.74) is 0.947. The molecule has 8 heteroatoms. The smallest absolute Gasteiger partial charge is 0.273 e. The predicted octanol–water partition coefficient (Wildman–Crippen LogP) is 1.43. The van der Waals surface area contributed by atoms with Crippen LogP contribution in [0.15, 0.2) is 54.0 Å². The minimum absolute atomic E-state index is 0.151. The molecule has 1 aliphatic rings. The van der Waals surface area contributed by atoms with E-state index >= 15 is 0 Å².